The monoisotopic (exact) mass is 578 g/mol. The number of aliphatic carboxylic acids is 1. The molecule has 1 aliphatic heterocycles. The predicted octanol–water partition coefficient (Wildman–Crippen LogP) is 6.50. The van der Waals surface area contributed by atoms with E-state index in [4.69, 9.17) is 14.8 Å². The van der Waals surface area contributed by atoms with Crippen molar-refractivity contribution in [1.82, 2.24) is 9.55 Å². The summed E-state index contributed by atoms with van der Waals surface area (Å²) in [5, 5.41) is 20.2. The first kappa shape index (κ1) is 30.0. The molecule has 6 rings (SSSR count). The van der Waals surface area contributed by atoms with E-state index >= 15 is 0 Å². The van der Waals surface area contributed by atoms with Crippen molar-refractivity contribution in [2.45, 2.75) is 65.5 Å². The van der Waals surface area contributed by atoms with Gasteiger partial charge in [-0.3, -0.25) is 14.6 Å². The molecule has 0 saturated heterocycles. The molecular formula is C36H38N2O5. The van der Waals surface area contributed by atoms with E-state index in [0.717, 1.165) is 69.1 Å². The second-order valence-corrected chi connectivity index (χ2v) is 12.0. The Kier molecular flexibility index (Phi) is 8.64. The van der Waals surface area contributed by atoms with Crippen LogP contribution in [0.1, 0.15) is 49.4 Å². The number of rotatable bonds is 7. The van der Waals surface area contributed by atoms with Crippen LogP contribution in [0.2, 0.25) is 0 Å². The molecule has 0 atom stereocenters. The first-order valence-corrected chi connectivity index (χ1v) is 14.7. The van der Waals surface area contributed by atoms with E-state index in [-0.39, 0.29) is 12.0 Å². The van der Waals surface area contributed by atoms with Gasteiger partial charge in [-0.25, -0.2) is 0 Å². The van der Waals surface area contributed by atoms with Crippen molar-refractivity contribution in [3.8, 4) is 16.9 Å². The van der Waals surface area contributed by atoms with Gasteiger partial charge in [-0.15, -0.1) is 0 Å². The van der Waals surface area contributed by atoms with Gasteiger partial charge in [0.15, 0.2) is 0 Å². The topological polar surface area (TPSA) is 102 Å². The molecule has 3 aromatic carbocycles. The second kappa shape index (κ2) is 12.4. The number of aromatic nitrogens is 2. The van der Waals surface area contributed by atoms with Crippen molar-refractivity contribution in [1.29, 1.82) is 0 Å². The molecule has 0 saturated carbocycles. The predicted molar refractivity (Wildman–Crippen MR) is 171 cm³/mol. The van der Waals surface area contributed by atoms with Crippen LogP contribution in [0, 0.1) is 6.92 Å². The number of nitrogens with zero attached hydrogens (tertiary/aromatic N) is 2. The summed E-state index contributed by atoms with van der Waals surface area (Å²) in [5.41, 5.74) is 6.70. The van der Waals surface area contributed by atoms with E-state index in [1.165, 1.54) is 11.1 Å². The molecule has 7 heteroatoms. The maximum Gasteiger partial charge on any atom is 0.307 e. The van der Waals surface area contributed by atoms with Gasteiger partial charge < -0.3 is 19.5 Å². The summed E-state index contributed by atoms with van der Waals surface area (Å²) in [6.07, 6.45) is 4.17. The Morgan fingerprint density at radius 1 is 1.05 bits per heavy atom. The first-order valence-electron chi connectivity index (χ1n) is 14.7. The molecule has 2 N–H and O–H groups in total. The van der Waals surface area contributed by atoms with Crippen molar-refractivity contribution in [3.63, 3.8) is 0 Å². The van der Waals surface area contributed by atoms with Crippen LogP contribution in [-0.2, 0) is 30.6 Å². The van der Waals surface area contributed by atoms with Crippen LogP contribution in [-0.4, -0.2) is 37.9 Å². The Morgan fingerprint density at radius 2 is 1.79 bits per heavy atom. The highest BCUT2D eigenvalue weighted by molar-refractivity contribution is 6.07. The second-order valence-electron chi connectivity index (χ2n) is 12.0. The van der Waals surface area contributed by atoms with E-state index in [2.05, 4.69) is 12.1 Å². The molecule has 0 aliphatic carbocycles. The van der Waals surface area contributed by atoms with Gasteiger partial charge in [0.2, 0.25) is 0 Å². The van der Waals surface area contributed by atoms with Gasteiger partial charge in [-0.05, 0) is 98.7 Å². The molecule has 2 aromatic heterocycles. The number of fused-ring (bicyclic) bond motifs is 1. The maximum atomic E-state index is 13.1. The molecular weight excluding hydrogens is 540 g/mol. The van der Waals surface area contributed by atoms with Crippen LogP contribution < -0.4 is 10.3 Å². The number of aliphatic hydroxyl groups is 1. The number of hydrogen-bond acceptors (Lipinski definition) is 5. The van der Waals surface area contributed by atoms with Crippen molar-refractivity contribution in [2.24, 2.45) is 0 Å². The Balaban J connectivity index is 0.000000682. The molecule has 0 radical (unpaired) electrons. The van der Waals surface area contributed by atoms with E-state index in [1.54, 1.807) is 26.8 Å². The van der Waals surface area contributed by atoms with E-state index < -0.39 is 11.6 Å². The lowest BCUT2D eigenvalue weighted by Crippen LogP contribution is -2.20. The highest BCUT2D eigenvalue weighted by Crippen LogP contribution is 2.42. The molecule has 0 unspecified atom stereocenters. The van der Waals surface area contributed by atoms with Gasteiger partial charge in [0.1, 0.15) is 5.75 Å². The van der Waals surface area contributed by atoms with Gasteiger partial charge in [0.05, 0.1) is 29.7 Å². The third-order valence-corrected chi connectivity index (χ3v) is 7.48. The van der Waals surface area contributed by atoms with Crippen molar-refractivity contribution < 1.29 is 19.7 Å². The molecule has 43 heavy (non-hydrogen) atoms. The lowest BCUT2D eigenvalue weighted by Gasteiger charge is -2.22. The third kappa shape index (κ3) is 6.78. The van der Waals surface area contributed by atoms with E-state index in [9.17, 15) is 14.7 Å². The molecule has 0 amide bonds. The summed E-state index contributed by atoms with van der Waals surface area (Å²) in [6, 6.07) is 21.6. The van der Waals surface area contributed by atoms with Crippen molar-refractivity contribution in [2.75, 3.05) is 6.61 Å². The van der Waals surface area contributed by atoms with Crippen molar-refractivity contribution >= 4 is 27.8 Å². The zero-order valence-corrected chi connectivity index (χ0v) is 25.2. The summed E-state index contributed by atoms with van der Waals surface area (Å²) in [7, 11) is 0. The zero-order chi connectivity index (χ0) is 30.7. The van der Waals surface area contributed by atoms with Crippen LogP contribution in [0.3, 0.4) is 0 Å². The quantitative estimate of drug-likeness (QED) is 0.229. The van der Waals surface area contributed by atoms with Gasteiger partial charge in [-0.1, -0.05) is 30.3 Å². The van der Waals surface area contributed by atoms with Crippen LogP contribution in [0.4, 0.5) is 0 Å². The Labute approximate surface area is 251 Å². The van der Waals surface area contributed by atoms with Gasteiger partial charge in [0.25, 0.3) is 5.56 Å². The summed E-state index contributed by atoms with van der Waals surface area (Å²) in [6.45, 7) is 8.35. The van der Waals surface area contributed by atoms with E-state index in [0.29, 0.717) is 13.2 Å². The molecule has 0 fully saturated rings. The van der Waals surface area contributed by atoms with Crippen LogP contribution >= 0.6 is 0 Å². The Morgan fingerprint density at radius 3 is 2.51 bits per heavy atom. The van der Waals surface area contributed by atoms with Gasteiger partial charge >= 0.3 is 5.97 Å². The van der Waals surface area contributed by atoms with Gasteiger partial charge in [0, 0.05) is 41.6 Å². The number of carbonyl (C=O) groups is 1. The molecule has 222 valence electrons. The number of benzene rings is 3. The fourth-order valence-electron chi connectivity index (χ4n) is 5.72. The van der Waals surface area contributed by atoms with Crippen LogP contribution in [0.25, 0.3) is 32.9 Å². The molecule has 0 bridgehead atoms. The highest BCUT2D eigenvalue weighted by Gasteiger charge is 2.23. The lowest BCUT2D eigenvalue weighted by molar-refractivity contribution is -0.136. The zero-order valence-electron chi connectivity index (χ0n) is 25.2. The fraction of sp³-hybridized carbons (Fsp3) is 0.306. The number of hydrogen-bond donors (Lipinski definition) is 2. The minimum atomic E-state index is -0.899. The smallest absolute Gasteiger partial charge is 0.307 e. The average molecular weight is 579 g/mol. The Bertz CT molecular complexity index is 1840. The van der Waals surface area contributed by atoms with Crippen LogP contribution in [0.15, 0.2) is 77.7 Å². The average Bonchev–Trinajstić information content (AvgIpc) is 2.95. The summed E-state index contributed by atoms with van der Waals surface area (Å²) in [5.74, 6) is -0.100. The fourth-order valence-corrected chi connectivity index (χ4v) is 5.72. The number of carboxylic acid groups (broad SMARTS) is 1. The third-order valence-electron chi connectivity index (χ3n) is 7.48. The number of carboxylic acids is 1. The number of ether oxygens (including phenoxy) is 1. The maximum absolute atomic E-state index is 13.1. The molecule has 5 aromatic rings. The molecule has 3 heterocycles. The minimum Gasteiger partial charge on any atom is -0.493 e. The van der Waals surface area contributed by atoms with Crippen molar-refractivity contribution in [3.05, 3.63) is 106 Å². The minimum absolute atomic E-state index is 0.0645. The van der Waals surface area contributed by atoms with Gasteiger partial charge in [-0.2, -0.15) is 0 Å². The molecule has 1 aliphatic rings. The van der Waals surface area contributed by atoms with Crippen LogP contribution in [0.5, 0.6) is 5.75 Å². The Hall–Kier alpha value is -4.49. The first-order chi connectivity index (χ1) is 20.5. The molecule has 7 nitrogen and oxygen atoms in total. The summed E-state index contributed by atoms with van der Waals surface area (Å²) in [4.78, 5) is 29.8. The summed E-state index contributed by atoms with van der Waals surface area (Å²) < 4.78 is 7.75. The SMILES string of the molecule is CC(C)(C)O.Cc1cc2c(ccc(=O)n2CCCc2ccccc2)c(-c2ccc3c4c(ccnc24)CCO3)c1CC(=O)O. The normalized spacial score (nSPS) is 12.5. The highest BCUT2D eigenvalue weighted by atomic mass is 16.5. The standard InChI is InChI=1S/C32H28N2O4.C4H10O/c1-20-18-26-23(10-12-28(35)34(26)16-5-8-21-6-3-2-4-7-21)31(25(20)19-29(36)37)24-9-11-27-30-22(14-17-38-27)13-15-33-32(24)30;1-4(2,3)5/h2-4,6-7,9-13,15,18H,5,8,14,16-17,19H2,1H3,(H,36,37);5H,1-3H3. The number of pyridine rings is 2. The number of aryl methyl sites for hydroxylation is 3. The molecule has 0 spiro atoms. The largest absolute Gasteiger partial charge is 0.493 e. The summed E-state index contributed by atoms with van der Waals surface area (Å²) >= 11 is 0. The lowest BCUT2D eigenvalue weighted by atomic mass is 9.87. The van der Waals surface area contributed by atoms with E-state index in [1.807, 2.05) is 66.2 Å².